The maximum atomic E-state index is 5.99. The SMILES string of the molecule is Cc1cc(Oc2ccc(N)c(OC(C)C)c2)ccc1Cl. The molecule has 106 valence electrons. The van der Waals surface area contributed by atoms with Crippen LogP contribution in [0.2, 0.25) is 5.02 Å². The van der Waals surface area contributed by atoms with E-state index in [4.69, 9.17) is 26.8 Å². The van der Waals surface area contributed by atoms with Crippen LogP contribution in [0.15, 0.2) is 36.4 Å². The van der Waals surface area contributed by atoms with E-state index in [2.05, 4.69) is 0 Å². The third-order valence-corrected chi connectivity index (χ3v) is 3.14. The molecule has 2 N–H and O–H groups in total. The molecule has 3 nitrogen and oxygen atoms in total. The molecule has 2 aromatic carbocycles. The molecule has 0 atom stereocenters. The average molecular weight is 292 g/mol. The first-order valence-electron chi connectivity index (χ1n) is 6.46. The van der Waals surface area contributed by atoms with Crippen molar-refractivity contribution in [1.29, 1.82) is 0 Å². The van der Waals surface area contributed by atoms with Crippen molar-refractivity contribution in [2.75, 3.05) is 5.73 Å². The summed E-state index contributed by atoms with van der Waals surface area (Å²) in [7, 11) is 0. The molecule has 2 rings (SSSR count). The summed E-state index contributed by atoms with van der Waals surface area (Å²) in [5.41, 5.74) is 7.44. The Kier molecular flexibility index (Phi) is 4.40. The zero-order chi connectivity index (χ0) is 14.7. The van der Waals surface area contributed by atoms with Gasteiger partial charge in [0.1, 0.15) is 17.2 Å². The molecule has 0 aliphatic carbocycles. The Bertz CT molecular complexity index is 611. The molecule has 0 radical (unpaired) electrons. The molecule has 0 unspecified atom stereocenters. The molecule has 0 fully saturated rings. The van der Waals surface area contributed by atoms with Crippen LogP contribution in [0.25, 0.3) is 0 Å². The highest BCUT2D eigenvalue weighted by Crippen LogP contribution is 2.31. The van der Waals surface area contributed by atoms with Crippen LogP contribution >= 0.6 is 11.6 Å². The maximum absolute atomic E-state index is 5.99. The van der Waals surface area contributed by atoms with Crippen LogP contribution in [0.4, 0.5) is 5.69 Å². The topological polar surface area (TPSA) is 44.5 Å². The van der Waals surface area contributed by atoms with Crippen molar-refractivity contribution in [1.82, 2.24) is 0 Å². The molecule has 0 bridgehead atoms. The van der Waals surface area contributed by atoms with Crippen molar-refractivity contribution >= 4 is 17.3 Å². The van der Waals surface area contributed by atoms with Crippen LogP contribution < -0.4 is 15.2 Å². The molecule has 0 saturated heterocycles. The zero-order valence-electron chi connectivity index (χ0n) is 11.8. The highest BCUT2D eigenvalue weighted by atomic mass is 35.5. The zero-order valence-corrected chi connectivity index (χ0v) is 12.6. The lowest BCUT2D eigenvalue weighted by atomic mass is 10.2. The molecule has 0 aliphatic heterocycles. The van der Waals surface area contributed by atoms with Gasteiger partial charge in [0, 0.05) is 11.1 Å². The van der Waals surface area contributed by atoms with Crippen molar-refractivity contribution in [2.24, 2.45) is 0 Å². The van der Waals surface area contributed by atoms with Gasteiger partial charge in [-0.1, -0.05) is 11.6 Å². The Morgan fingerprint density at radius 2 is 1.70 bits per heavy atom. The summed E-state index contributed by atoms with van der Waals surface area (Å²) >= 11 is 5.99. The number of benzene rings is 2. The van der Waals surface area contributed by atoms with E-state index >= 15 is 0 Å². The van der Waals surface area contributed by atoms with Gasteiger partial charge in [0.2, 0.25) is 0 Å². The largest absolute Gasteiger partial charge is 0.489 e. The number of anilines is 1. The van der Waals surface area contributed by atoms with Crippen LogP contribution in [0.5, 0.6) is 17.2 Å². The lowest BCUT2D eigenvalue weighted by Gasteiger charge is -2.14. The molecule has 0 heterocycles. The van der Waals surface area contributed by atoms with Crippen LogP contribution in [0, 0.1) is 6.92 Å². The van der Waals surface area contributed by atoms with Gasteiger partial charge in [-0.15, -0.1) is 0 Å². The van der Waals surface area contributed by atoms with Gasteiger partial charge in [-0.2, -0.15) is 0 Å². The molecule has 0 saturated carbocycles. The lowest BCUT2D eigenvalue weighted by Crippen LogP contribution is -2.07. The third-order valence-electron chi connectivity index (χ3n) is 2.71. The number of rotatable bonds is 4. The third kappa shape index (κ3) is 3.58. The predicted octanol–water partition coefficient (Wildman–Crippen LogP) is 4.81. The Morgan fingerprint density at radius 1 is 1.05 bits per heavy atom. The minimum atomic E-state index is 0.0605. The van der Waals surface area contributed by atoms with Gasteiger partial charge in [-0.3, -0.25) is 0 Å². The minimum Gasteiger partial charge on any atom is -0.489 e. The van der Waals surface area contributed by atoms with Crippen molar-refractivity contribution < 1.29 is 9.47 Å². The Balaban J connectivity index is 2.22. The van der Waals surface area contributed by atoms with Crippen LogP contribution in [0.3, 0.4) is 0 Å². The maximum Gasteiger partial charge on any atom is 0.146 e. The van der Waals surface area contributed by atoms with Gasteiger partial charge in [0.15, 0.2) is 0 Å². The second-order valence-electron chi connectivity index (χ2n) is 4.88. The van der Waals surface area contributed by atoms with E-state index < -0.39 is 0 Å². The van der Waals surface area contributed by atoms with Crippen molar-refractivity contribution in [2.45, 2.75) is 26.9 Å². The normalized spacial score (nSPS) is 10.7. The van der Waals surface area contributed by atoms with E-state index in [9.17, 15) is 0 Å². The Labute approximate surface area is 124 Å². The standard InChI is InChI=1S/C16H18ClNO2/c1-10(2)19-16-9-13(5-7-15(16)18)20-12-4-6-14(17)11(3)8-12/h4-10H,18H2,1-3H3. The van der Waals surface area contributed by atoms with Gasteiger partial charge >= 0.3 is 0 Å². The number of nitrogen functional groups attached to an aromatic ring is 1. The van der Waals surface area contributed by atoms with Gasteiger partial charge in [0.05, 0.1) is 11.8 Å². The highest BCUT2D eigenvalue weighted by Gasteiger charge is 2.07. The molecule has 0 amide bonds. The molecular weight excluding hydrogens is 274 g/mol. The molecule has 2 aromatic rings. The first-order valence-corrected chi connectivity index (χ1v) is 6.83. The van der Waals surface area contributed by atoms with E-state index in [1.165, 1.54) is 0 Å². The van der Waals surface area contributed by atoms with E-state index in [0.717, 1.165) is 16.3 Å². The molecular formula is C16H18ClNO2. The van der Waals surface area contributed by atoms with Crippen molar-refractivity contribution in [3.63, 3.8) is 0 Å². The lowest BCUT2D eigenvalue weighted by molar-refractivity contribution is 0.243. The van der Waals surface area contributed by atoms with Gasteiger partial charge in [0.25, 0.3) is 0 Å². The molecule has 20 heavy (non-hydrogen) atoms. The first kappa shape index (κ1) is 14.5. The molecule has 0 spiro atoms. The predicted molar refractivity (Wildman–Crippen MR) is 82.9 cm³/mol. The van der Waals surface area contributed by atoms with Crippen LogP contribution in [-0.2, 0) is 0 Å². The molecule has 4 heteroatoms. The van der Waals surface area contributed by atoms with E-state index in [0.29, 0.717) is 17.2 Å². The average Bonchev–Trinajstić information content (AvgIpc) is 2.37. The van der Waals surface area contributed by atoms with E-state index in [-0.39, 0.29) is 6.10 Å². The summed E-state index contributed by atoms with van der Waals surface area (Å²) in [4.78, 5) is 0. The smallest absolute Gasteiger partial charge is 0.146 e. The summed E-state index contributed by atoms with van der Waals surface area (Å²) in [5.74, 6) is 2.03. The summed E-state index contributed by atoms with van der Waals surface area (Å²) < 4.78 is 11.4. The van der Waals surface area contributed by atoms with Crippen LogP contribution in [0.1, 0.15) is 19.4 Å². The number of hydrogen-bond acceptors (Lipinski definition) is 3. The van der Waals surface area contributed by atoms with E-state index in [1.54, 1.807) is 12.1 Å². The van der Waals surface area contributed by atoms with Crippen molar-refractivity contribution in [3.8, 4) is 17.2 Å². The minimum absolute atomic E-state index is 0.0605. The second-order valence-corrected chi connectivity index (χ2v) is 5.29. The fourth-order valence-corrected chi connectivity index (χ4v) is 1.87. The monoisotopic (exact) mass is 291 g/mol. The first-order chi connectivity index (χ1) is 9.45. The molecule has 0 aromatic heterocycles. The quantitative estimate of drug-likeness (QED) is 0.822. The number of ether oxygens (including phenoxy) is 2. The number of aryl methyl sites for hydroxylation is 1. The number of hydrogen-bond donors (Lipinski definition) is 1. The number of halogens is 1. The van der Waals surface area contributed by atoms with Gasteiger partial charge in [-0.25, -0.2) is 0 Å². The fraction of sp³-hybridized carbons (Fsp3) is 0.250. The van der Waals surface area contributed by atoms with Gasteiger partial charge in [-0.05, 0) is 56.7 Å². The summed E-state index contributed by atoms with van der Waals surface area (Å²) in [5, 5.41) is 0.721. The molecule has 0 aliphatic rings. The summed E-state index contributed by atoms with van der Waals surface area (Å²) in [6, 6.07) is 10.9. The number of nitrogens with two attached hydrogens (primary N) is 1. The van der Waals surface area contributed by atoms with Gasteiger partial charge < -0.3 is 15.2 Å². The Morgan fingerprint density at radius 3 is 2.35 bits per heavy atom. The van der Waals surface area contributed by atoms with Crippen LogP contribution in [-0.4, -0.2) is 6.10 Å². The summed E-state index contributed by atoms with van der Waals surface area (Å²) in [6.07, 6.45) is 0.0605. The van der Waals surface area contributed by atoms with E-state index in [1.807, 2.05) is 45.0 Å². The Hall–Kier alpha value is -1.87. The summed E-state index contributed by atoms with van der Waals surface area (Å²) in [6.45, 7) is 5.84. The second kappa shape index (κ2) is 6.06. The highest BCUT2D eigenvalue weighted by molar-refractivity contribution is 6.31. The van der Waals surface area contributed by atoms with Crippen molar-refractivity contribution in [3.05, 3.63) is 47.0 Å². The fourth-order valence-electron chi connectivity index (χ4n) is 1.75.